The summed E-state index contributed by atoms with van der Waals surface area (Å²) >= 11 is 0. The Morgan fingerprint density at radius 1 is 0.152 bits per heavy atom. The first-order chi connectivity index (χ1) is 61.8. The summed E-state index contributed by atoms with van der Waals surface area (Å²) < 4.78 is 14.0. The quantitative estimate of drug-likeness (QED) is 0.103. The maximum atomic E-state index is 2.40. The van der Waals surface area contributed by atoms with Crippen molar-refractivity contribution in [3.63, 3.8) is 0 Å². The van der Waals surface area contributed by atoms with E-state index < -0.39 is 0 Å². The zero-order chi connectivity index (χ0) is 83.3. The van der Waals surface area contributed by atoms with Gasteiger partial charge in [0.25, 0.3) is 0 Å². The van der Waals surface area contributed by atoms with Crippen molar-refractivity contribution in [3.8, 4) is 34.1 Å². The SMILES string of the molecule is Cc1ccc(N(c2ccc(C)cc2)c2ccc(-n3c4ccccc4c4cc5c(ccn5-c5ccccc5)cc43)cc2)cc1.c1ccc(N(c2ccccc2)c2ccc(-n3c4ccccc4c4cc5c(ccn5-c5ccccc5)cc43)cc2)cc1.c1ccc(N(c2ccccc2)c2cccc(-n3c4ccccc4c4cc5c(ccn5-c5ccccc5)cc43)c2)cc1. The van der Waals surface area contributed by atoms with Crippen LogP contribution >= 0.6 is 0 Å². The predicted molar refractivity (Wildman–Crippen MR) is 526 cm³/mol. The van der Waals surface area contributed by atoms with Crippen molar-refractivity contribution in [2.24, 2.45) is 0 Å². The Morgan fingerprint density at radius 3 is 0.704 bits per heavy atom. The van der Waals surface area contributed by atoms with Gasteiger partial charge in [0.2, 0.25) is 0 Å². The van der Waals surface area contributed by atoms with Crippen molar-refractivity contribution in [3.05, 3.63) is 491 Å². The molecule has 9 nitrogen and oxygen atoms in total. The fourth-order valence-corrected chi connectivity index (χ4v) is 18.4. The summed E-state index contributed by atoms with van der Waals surface area (Å²) in [4.78, 5) is 6.94. The number of fused-ring (bicyclic) bond motifs is 12. The third-order valence-corrected chi connectivity index (χ3v) is 24.3. The molecule has 0 aliphatic heterocycles. The van der Waals surface area contributed by atoms with E-state index in [0.717, 1.165) is 68.2 Å². The highest BCUT2D eigenvalue weighted by Crippen LogP contribution is 2.45. The van der Waals surface area contributed by atoms with Gasteiger partial charge in [0, 0.05) is 152 Å². The molecule has 9 heteroatoms. The molecular weight excluding hydrogens is 1520 g/mol. The Kier molecular flexibility index (Phi) is 19.2. The number of aryl methyl sites for hydroxylation is 2. The second-order valence-electron chi connectivity index (χ2n) is 32.0. The second-order valence-corrected chi connectivity index (χ2v) is 32.0. The molecule has 0 saturated heterocycles. The van der Waals surface area contributed by atoms with E-state index in [1.54, 1.807) is 0 Å². The summed E-state index contributed by atoms with van der Waals surface area (Å²) in [6.45, 7) is 4.26. The van der Waals surface area contributed by atoms with Crippen LogP contribution in [0.5, 0.6) is 0 Å². The minimum Gasteiger partial charge on any atom is -0.317 e. The first kappa shape index (κ1) is 74.7. The summed E-state index contributed by atoms with van der Waals surface area (Å²) in [5.41, 5.74) is 30.5. The van der Waals surface area contributed by atoms with E-state index in [0.29, 0.717) is 0 Å². The minimum absolute atomic E-state index is 1.11. The maximum Gasteiger partial charge on any atom is 0.0548 e. The van der Waals surface area contributed by atoms with Crippen molar-refractivity contribution < 1.29 is 0 Å². The van der Waals surface area contributed by atoms with Crippen LogP contribution in [0.2, 0.25) is 0 Å². The van der Waals surface area contributed by atoms with Gasteiger partial charge in [-0.15, -0.1) is 0 Å². The molecule has 0 atom stereocenters. The van der Waals surface area contributed by atoms with Crippen LogP contribution in [0.25, 0.3) is 132 Å². The van der Waals surface area contributed by atoms with Crippen LogP contribution in [0, 0.1) is 13.8 Å². The lowest BCUT2D eigenvalue weighted by atomic mass is 10.1. The number of aromatic nitrogens is 6. The lowest BCUT2D eigenvalue weighted by Crippen LogP contribution is -2.10. The number of benzene rings is 18. The van der Waals surface area contributed by atoms with Gasteiger partial charge >= 0.3 is 0 Å². The Bertz CT molecular complexity index is 7870. The molecule has 24 aromatic rings. The van der Waals surface area contributed by atoms with E-state index in [1.165, 1.54) is 126 Å². The third-order valence-electron chi connectivity index (χ3n) is 24.3. The number of rotatable bonds is 15. The van der Waals surface area contributed by atoms with Crippen LogP contribution < -0.4 is 14.7 Å². The first-order valence-corrected chi connectivity index (χ1v) is 42.7. The third kappa shape index (κ3) is 13.9. The van der Waals surface area contributed by atoms with Crippen LogP contribution in [-0.4, -0.2) is 27.4 Å². The van der Waals surface area contributed by atoms with Gasteiger partial charge in [0.05, 0.1) is 49.7 Å². The van der Waals surface area contributed by atoms with Crippen molar-refractivity contribution in [2.75, 3.05) is 14.7 Å². The standard InChI is InChI=1S/C40H31N3.2C38H27N3/c1-28-12-16-32(17-13-28)42(33-18-14-29(2)15-19-33)34-20-22-35(23-21-34)43-38-11-7-6-10-36(38)37-27-39-30(26-40(37)43)24-25-41(39)31-8-4-3-5-9-31;1-4-13-29(14-5-1)39-24-23-28-25-38-35(27-37(28)39)34-21-10-11-22-36(34)41(38)33-20-12-19-32(26-33)40(30-15-6-2-7-16-30)31-17-8-3-9-18-31;1-4-12-29(13-5-1)39-25-24-28-26-38-35(27-37(28)39)34-18-10-11-19-36(34)41(38)33-22-20-32(21-23-33)40(30-14-6-2-7-15-30)31-16-8-3-9-17-31/h3-27H,1-2H3;2*1-27H. The van der Waals surface area contributed by atoms with Crippen LogP contribution in [0.1, 0.15) is 11.1 Å². The zero-order valence-corrected chi connectivity index (χ0v) is 69.1. The number of para-hydroxylation sites is 10. The molecule has 6 heterocycles. The maximum absolute atomic E-state index is 2.40. The topological polar surface area (TPSA) is 39.3 Å². The van der Waals surface area contributed by atoms with Gasteiger partial charge in [-0.2, -0.15) is 0 Å². The molecule has 0 aliphatic rings. The van der Waals surface area contributed by atoms with Crippen molar-refractivity contribution in [2.45, 2.75) is 13.8 Å². The Hall–Kier alpha value is -16.6. The molecule has 0 aliphatic carbocycles. The van der Waals surface area contributed by atoms with E-state index in [4.69, 9.17) is 0 Å². The summed E-state index contributed by atoms with van der Waals surface area (Å²) in [5.74, 6) is 0. The highest BCUT2D eigenvalue weighted by Gasteiger charge is 2.23. The molecule has 125 heavy (non-hydrogen) atoms. The van der Waals surface area contributed by atoms with Crippen LogP contribution in [0.4, 0.5) is 51.2 Å². The average molecular weight is 1610 g/mol. The van der Waals surface area contributed by atoms with Gasteiger partial charge in [-0.25, -0.2) is 0 Å². The number of hydrogen-bond acceptors (Lipinski definition) is 3. The molecule has 594 valence electrons. The highest BCUT2D eigenvalue weighted by molar-refractivity contribution is 6.16. The lowest BCUT2D eigenvalue weighted by molar-refractivity contribution is 1.13. The molecule has 0 bridgehead atoms. The number of anilines is 9. The van der Waals surface area contributed by atoms with Gasteiger partial charge < -0.3 is 42.1 Å². The summed E-state index contributed by atoms with van der Waals surface area (Å²) in [7, 11) is 0. The summed E-state index contributed by atoms with van der Waals surface area (Å²) in [5, 5.41) is 11.2. The molecule has 18 aromatic carbocycles. The highest BCUT2D eigenvalue weighted by atomic mass is 15.2. The monoisotopic (exact) mass is 1600 g/mol. The van der Waals surface area contributed by atoms with E-state index >= 15 is 0 Å². The summed E-state index contributed by atoms with van der Waals surface area (Å²) in [6, 6.07) is 165. The first-order valence-electron chi connectivity index (χ1n) is 42.7. The molecule has 0 spiro atoms. The van der Waals surface area contributed by atoms with Crippen LogP contribution in [-0.2, 0) is 0 Å². The van der Waals surface area contributed by atoms with Crippen LogP contribution in [0.3, 0.4) is 0 Å². The summed E-state index contributed by atoms with van der Waals surface area (Å²) in [6.07, 6.45) is 6.51. The van der Waals surface area contributed by atoms with Crippen molar-refractivity contribution in [1.82, 2.24) is 27.4 Å². The average Bonchev–Trinajstić information content (AvgIpc) is 1.58. The predicted octanol–water partition coefficient (Wildman–Crippen LogP) is 31.2. The molecule has 0 N–H and O–H groups in total. The second kappa shape index (κ2) is 32.2. The van der Waals surface area contributed by atoms with Crippen molar-refractivity contribution >= 4 is 149 Å². The molecular formula is C116H85N9. The number of nitrogens with zero attached hydrogens (tertiary/aromatic N) is 9. The number of hydrogen-bond donors (Lipinski definition) is 0. The van der Waals surface area contributed by atoms with Gasteiger partial charge in [0.1, 0.15) is 0 Å². The molecule has 0 amide bonds. The molecule has 0 unspecified atom stereocenters. The van der Waals surface area contributed by atoms with Gasteiger partial charge in [-0.3, -0.25) is 0 Å². The van der Waals surface area contributed by atoms with Gasteiger partial charge in [-0.1, -0.05) is 223 Å². The largest absolute Gasteiger partial charge is 0.317 e. The fourth-order valence-electron chi connectivity index (χ4n) is 18.4. The van der Waals surface area contributed by atoms with Crippen molar-refractivity contribution in [1.29, 1.82) is 0 Å². The minimum atomic E-state index is 1.11. The molecule has 0 fully saturated rings. The van der Waals surface area contributed by atoms with Gasteiger partial charge in [0.15, 0.2) is 0 Å². The molecule has 6 aromatic heterocycles. The lowest BCUT2D eigenvalue weighted by Gasteiger charge is -2.26. The Balaban J connectivity index is 0.000000111. The van der Waals surface area contributed by atoms with E-state index in [2.05, 4.69) is 536 Å². The Labute approximate surface area is 725 Å². The Morgan fingerprint density at radius 2 is 0.392 bits per heavy atom. The normalized spacial score (nSPS) is 11.4. The van der Waals surface area contributed by atoms with E-state index in [-0.39, 0.29) is 0 Å². The van der Waals surface area contributed by atoms with Crippen LogP contribution in [0.15, 0.2) is 480 Å². The fraction of sp³-hybridized carbons (Fsp3) is 0.0172. The van der Waals surface area contributed by atoms with Gasteiger partial charge in [-0.05, 0) is 263 Å². The van der Waals surface area contributed by atoms with E-state index in [9.17, 15) is 0 Å². The molecule has 24 rings (SSSR count). The van der Waals surface area contributed by atoms with E-state index in [1.807, 2.05) is 0 Å². The zero-order valence-electron chi connectivity index (χ0n) is 69.1. The molecule has 0 radical (unpaired) electrons. The smallest absolute Gasteiger partial charge is 0.0548 e. The molecule has 0 saturated carbocycles.